The van der Waals surface area contributed by atoms with Gasteiger partial charge in [-0.3, -0.25) is 9.59 Å². The van der Waals surface area contributed by atoms with Crippen LogP contribution < -0.4 is 15.6 Å². The second-order valence-corrected chi connectivity index (χ2v) is 6.70. The fourth-order valence-electron chi connectivity index (χ4n) is 2.43. The van der Waals surface area contributed by atoms with Gasteiger partial charge in [-0.15, -0.1) is 0 Å². The highest BCUT2D eigenvalue weighted by molar-refractivity contribution is 6.35. The first-order valence-corrected chi connectivity index (χ1v) is 9.26. The molecule has 1 N–H and O–H groups in total. The molecule has 0 aliphatic heterocycles. The van der Waals surface area contributed by atoms with Crippen LogP contribution in [-0.4, -0.2) is 22.3 Å². The topological polar surface area (TPSA) is 73.2 Å². The van der Waals surface area contributed by atoms with Crippen molar-refractivity contribution in [2.75, 3.05) is 6.61 Å². The van der Waals surface area contributed by atoms with Crippen LogP contribution in [0.3, 0.4) is 0 Å². The highest BCUT2D eigenvalue weighted by Crippen LogP contribution is 2.20. The third-order valence-electron chi connectivity index (χ3n) is 3.87. The van der Waals surface area contributed by atoms with Crippen molar-refractivity contribution >= 4 is 29.1 Å². The maximum Gasteiger partial charge on any atom is 0.271 e. The average Bonchev–Trinajstić information content (AvgIpc) is 2.69. The SMILES string of the molecule is O=C(NCc1ccc(Cl)cc1Cl)c1ccc(=O)n(CCOc2ccccc2)n1. The third-order valence-corrected chi connectivity index (χ3v) is 4.46. The lowest BCUT2D eigenvalue weighted by Crippen LogP contribution is -2.30. The van der Waals surface area contributed by atoms with Gasteiger partial charge in [-0.1, -0.05) is 47.5 Å². The van der Waals surface area contributed by atoms with Crippen LogP contribution in [0.15, 0.2) is 65.5 Å². The largest absolute Gasteiger partial charge is 0.492 e. The van der Waals surface area contributed by atoms with Crippen LogP contribution in [-0.2, 0) is 13.1 Å². The summed E-state index contributed by atoms with van der Waals surface area (Å²) in [6.07, 6.45) is 0. The van der Waals surface area contributed by atoms with Crippen LogP contribution in [0.1, 0.15) is 16.1 Å². The summed E-state index contributed by atoms with van der Waals surface area (Å²) in [4.78, 5) is 24.3. The van der Waals surface area contributed by atoms with Gasteiger partial charge in [0.15, 0.2) is 0 Å². The van der Waals surface area contributed by atoms with Crippen molar-refractivity contribution < 1.29 is 9.53 Å². The Hall–Kier alpha value is -2.83. The normalized spacial score (nSPS) is 10.5. The van der Waals surface area contributed by atoms with E-state index in [1.165, 1.54) is 16.8 Å². The number of para-hydroxylation sites is 1. The van der Waals surface area contributed by atoms with Crippen molar-refractivity contribution in [3.05, 3.63) is 92.3 Å². The van der Waals surface area contributed by atoms with E-state index in [2.05, 4.69) is 10.4 Å². The number of carbonyl (C=O) groups excluding carboxylic acids is 1. The van der Waals surface area contributed by atoms with E-state index in [9.17, 15) is 9.59 Å². The van der Waals surface area contributed by atoms with E-state index in [0.29, 0.717) is 15.8 Å². The van der Waals surface area contributed by atoms with Gasteiger partial charge in [0.25, 0.3) is 11.5 Å². The molecule has 8 heteroatoms. The minimum atomic E-state index is -0.413. The quantitative estimate of drug-likeness (QED) is 0.637. The minimum absolute atomic E-state index is 0.129. The predicted molar refractivity (Wildman–Crippen MR) is 108 cm³/mol. The van der Waals surface area contributed by atoms with Crippen molar-refractivity contribution in [1.29, 1.82) is 0 Å². The maximum absolute atomic E-state index is 12.4. The monoisotopic (exact) mass is 417 g/mol. The molecule has 2 aromatic carbocycles. The van der Waals surface area contributed by atoms with E-state index >= 15 is 0 Å². The Morgan fingerprint density at radius 1 is 1.07 bits per heavy atom. The molecule has 3 aromatic rings. The first-order valence-electron chi connectivity index (χ1n) is 8.51. The molecule has 0 radical (unpaired) electrons. The Bertz CT molecular complexity index is 1020. The molecule has 0 unspecified atom stereocenters. The fraction of sp³-hybridized carbons (Fsp3) is 0.150. The van der Waals surface area contributed by atoms with Crippen LogP contribution in [0.5, 0.6) is 5.75 Å². The zero-order valence-electron chi connectivity index (χ0n) is 14.8. The Labute approximate surface area is 171 Å². The van der Waals surface area contributed by atoms with Gasteiger partial charge in [-0.25, -0.2) is 4.68 Å². The molecule has 1 amide bonds. The van der Waals surface area contributed by atoms with E-state index in [0.717, 1.165) is 5.56 Å². The molecule has 0 saturated carbocycles. The lowest BCUT2D eigenvalue weighted by molar-refractivity contribution is 0.0943. The van der Waals surface area contributed by atoms with Crippen LogP contribution in [0.4, 0.5) is 0 Å². The van der Waals surface area contributed by atoms with Gasteiger partial charge in [0, 0.05) is 22.7 Å². The van der Waals surface area contributed by atoms with Gasteiger partial charge in [0.2, 0.25) is 0 Å². The highest BCUT2D eigenvalue weighted by atomic mass is 35.5. The van der Waals surface area contributed by atoms with Gasteiger partial charge in [0.05, 0.1) is 6.54 Å². The second kappa shape index (κ2) is 9.39. The Morgan fingerprint density at radius 3 is 2.61 bits per heavy atom. The Kier molecular flexibility index (Phi) is 6.68. The summed E-state index contributed by atoms with van der Waals surface area (Å²) in [5.74, 6) is 0.285. The zero-order valence-corrected chi connectivity index (χ0v) is 16.3. The van der Waals surface area contributed by atoms with Crippen LogP contribution in [0, 0.1) is 0 Å². The molecule has 0 aliphatic rings. The summed E-state index contributed by atoms with van der Waals surface area (Å²) in [6.45, 7) is 0.687. The van der Waals surface area contributed by atoms with Gasteiger partial charge in [0.1, 0.15) is 18.1 Å². The second-order valence-electron chi connectivity index (χ2n) is 5.86. The average molecular weight is 418 g/mol. The standard InChI is InChI=1S/C20H17Cl2N3O3/c21-15-7-6-14(17(22)12-15)13-23-20(27)18-8-9-19(26)25(24-18)10-11-28-16-4-2-1-3-5-16/h1-9,12H,10-11,13H2,(H,23,27). The molecule has 0 bridgehead atoms. The Balaban J connectivity index is 1.61. The fourth-order valence-corrected chi connectivity index (χ4v) is 2.90. The van der Waals surface area contributed by atoms with Crippen molar-refractivity contribution in [2.45, 2.75) is 13.1 Å². The number of ether oxygens (including phenoxy) is 1. The Morgan fingerprint density at radius 2 is 1.86 bits per heavy atom. The summed E-state index contributed by atoms with van der Waals surface area (Å²) in [5, 5.41) is 7.82. The molecule has 0 fully saturated rings. The number of rotatable bonds is 7. The van der Waals surface area contributed by atoms with E-state index in [1.54, 1.807) is 18.2 Å². The number of benzene rings is 2. The lowest BCUT2D eigenvalue weighted by atomic mass is 10.2. The molecule has 0 aliphatic carbocycles. The van der Waals surface area contributed by atoms with Gasteiger partial charge < -0.3 is 10.1 Å². The third kappa shape index (κ3) is 5.34. The molecule has 1 aromatic heterocycles. The smallest absolute Gasteiger partial charge is 0.271 e. The van der Waals surface area contributed by atoms with Crippen molar-refractivity contribution in [3.63, 3.8) is 0 Å². The summed E-state index contributed by atoms with van der Waals surface area (Å²) in [7, 11) is 0. The van der Waals surface area contributed by atoms with Gasteiger partial charge in [-0.2, -0.15) is 5.10 Å². The molecule has 28 heavy (non-hydrogen) atoms. The first-order chi connectivity index (χ1) is 13.5. The molecule has 0 spiro atoms. The lowest BCUT2D eigenvalue weighted by Gasteiger charge is -2.10. The summed E-state index contributed by atoms with van der Waals surface area (Å²) in [6, 6.07) is 17.0. The number of halogens is 2. The van der Waals surface area contributed by atoms with Crippen LogP contribution in [0.25, 0.3) is 0 Å². The van der Waals surface area contributed by atoms with Gasteiger partial charge in [-0.05, 0) is 35.9 Å². The number of nitrogens with one attached hydrogen (secondary N) is 1. The first kappa shape index (κ1) is 19.9. The molecule has 3 rings (SSSR count). The number of hydrogen-bond donors (Lipinski definition) is 1. The van der Waals surface area contributed by atoms with E-state index in [4.69, 9.17) is 27.9 Å². The maximum atomic E-state index is 12.4. The summed E-state index contributed by atoms with van der Waals surface area (Å²) in [5.41, 5.74) is 0.544. The van der Waals surface area contributed by atoms with Crippen molar-refractivity contribution in [2.24, 2.45) is 0 Å². The van der Waals surface area contributed by atoms with E-state index in [-0.39, 0.29) is 30.9 Å². The number of hydrogen-bond acceptors (Lipinski definition) is 4. The van der Waals surface area contributed by atoms with Crippen LogP contribution in [0.2, 0.25) is 10.0 Å². The molecule has 1 heterocycles. The molecule has 6 nitrogen and oxygen atoms in total. The van der Waals surface area contributed by atoms with Crippen LogP contribution >= 0.6 is 23.2 Å². The molecular weight excluding hydrogens is 401 g/mol. The summed E-state index contributed by atoms with van der Waals surface area (Å²) >= 11 is 12.0. The number of carbonyl (C=O) groups is 1. The number of nitrogens with zero attached hydrogens (tertiary/aromatic N) is 2. The van der Waals surface area contributed by atoms with E-state index < -0.39 is 5.91 Å². The van der Waals surface area contributed by atoms with E-state index in [1.807, 2.05) is 30.3 Å². The van der Waals surface area contributed by atoms with Crippen molar-refractivity contribution in [1.82, 2.24) is 15.1 Å². The minimum Gasteiger partial charge on any atom is -0.492 e. The molecule has 144 valence electrons. The van der Waals surface area contributed by atoms with Gasteiger partial charge >= 0.3 is 0 Å². The zero-order chi connectivity index (χ0) is 19.9. The number of amides is 1. The molecule has 0 atom stereocenters. The summed E-state index contributed by atoms with van der Waals surface area (Å²) < 4.78 is 6.77. The number of aromatic nitrogens is 2. The highest BCUT2D eigenvalue weighted by Gasteiger charge is 2.11. The van der Waals surface area contributed by atoms with Crippen molar-refractivity contribution in [3.8, 4) is 5.75 Å². The molecule has 0 saturated heterocycles. The predicted octanol–water partition coefficient (Wildman–Crippen LogP) is 3.56. The molecular formula is C20H17Cl2N3O3.